The zero-order chi connectivity index (χ0) is 11.4. The number of ether oxygens (including phenoxy) is 1. The highest BCUT2D eigenvalue weighted by molar-refractivity contribution is 9.10. The molecule has 1 aromatic carbocycles. The zero-order valence-corrected chi connectivity index (χ0v) is 10.1. The van der Waals surface area contributed by atoms with Crippen molar-refractivity contribution in [3.63, 3.8) is 0 Å². The summed E-state index contributed by atoms with van der Waals surface area (Å²) in [5.41, 5.74) is 1.49. The van der Waals surface area contributed by atoms with Crippen LogP contribution in [0.5, 0.6) is 0 Å². The number of benzene rings is 1. The Hall–Kier alpha value is -1.16. The normalized spacial score (nSPS) is 9.80. The van der Waals surface area contributed by atoms with Crippen LogP contribution in [0.2, 0.25) is 0 Å². The highest BCUT2D eigenvalue weighted by Crippen LogP contribution is 2.19. The molecule has 0 aliphatic heterocycles. The first-order valence-corrected chi connectivity index (χ1v) is 5.20. The van der Waals surface area contributed by atoms with E-state index in [0.717, 1.165) is 5.56 Å². The summed E-state index contributed by atoms with van der Waals surface area (Å²) in [6, 6.07) is 5.42. The largest absolute Gasteiger partial charge is 0.469 e. The van der Waals surface area contributed by atoms with Gasteiger partial charge in [0.2, 0.25) is 0 Å². The maximum absolute atomic E-state index is 11.7. The molecule has 0 unspecified atom stereocenters. The van der Waals surface area contributed by atoms with Gasteiger partial charge in [0.1, 0.15) is 6.42 Å². The minimum atomic E-state index is -0.520. The quantitative estimate of drug-likeness (QED) is 0.482. The molecule has 1 aromatic rings. The number of carbonyl (C=O) groups excluding carboxylic acids is 2. The molecule has 0 bridgehead atoms. The molecule has 1 rings (SSSR count). The molecule has 15 heavy (non-hydrogen) atoms. The molecule has 0 aliphatic rings. The Kier molecular flexibility index (Phi) is 4.03. The predicted molar refractivity (Wildman–Crippen MR) is 59.8 cm³/mol. The van der Waals surface area contributed by atoms with E-state index < -0.39 is 5.97 Å². The number of esters is 1. The van der Waals surface area contributed by atoms with Crippen LogP contribution in [-0.4, -0.2) is 18.9 Å². The third-order valence-electron chi connectivity index (χ3n) is 1.95. The third kappa shape index (κ3) is 3.16. The lowest BCUT2D eigenvalue weighted by Crippen LogP contribution is -2.10. The Labute approximate surface area is 96.6 Å². The standard InChI is InChI=1S/C11H11BrO3/c1-7-3-4-9(12)8(5-7)10(13)6-11(14)15-2/h3-5H,6H2,1-2H3. The number of Topliss-reactive ketones (excluding diaryl/α,β-unsaturated/α-hetero) is 1. The first kappa shape index (κ1) is 11.9. The van der Waals surface area contributed by atoms with Gasteiger partial charge in [-0.25, -0.2) is 0 Å². The number of carbonyl (C=O) groups is 2. The number of halogens is 1. The highest BCUT2D eigenvalue weighted by Gasteiger charge is 2.14. The van der Waals surface area contributed by atoms with Gasteiger partial charge in [0.15, 0.2) is 5.78 Å². The van der Waals surface area contributed by atoms with Gasteiger partial charge in [-0.1, -0.05) is 27.6 Å². The maximum Gasteiger partial charge on any atom is 0.313 e. The topological polar surface area (TPSA) is 43.4 Å². The average Bonchev–Trinajstić information content (AvgIpc) is 2.21. The highest BCUT2D eigenvalue weighted by atomic mass is 79.9. The fraction of sp³-hybridized carbons (Fsp3) is 0.273. The van der Waals surface area contributed by atoms with E-state index in [9.17, 15) is 9.59 Å². The number of aryl methyl sites for hydroxylation is 1. The van der Waals surface area contributed by atoms with Crippen molar-refractivity contribution in [2.45, 2.75) is 13.3 Å². The molecule has 0 aliphatic carbocycles. The number of ketones is 1. The van der Waals surface area contributed by atoms with E-state index in [2.05, 4.69) is 20.7 Å². The van der Waals surface area contributed by atoms with Gasteiger partial charge >= 0.3 is 5.97 Å². The molecule has 0 atom stereocenters. The van der Waals surface area contributed by atoms with Crippen LogP contribution in [0.25, 0.3) is 0 Å². The molecule has 3 nitrogen and oxygen atoms in total. The molecule has 0 aromatic heterocycles. The number of hydrogen-bond donors (Lipinski definition) is 0. The van der Waals surface area contributed by atoms with Gasteiger partial charge in [-0.05, 0) is 19.1 Å². The van der Waals surface area contributed by atoms with E-state index in [4.69, 9.17) is 0 Å². The van der Waals surface area contributed by atoms with Crippen LogP contribution in [-0.2, 0) is 9.53 Å². The third-order valence-corrected chi connectivity index (χ3v) is 2.65. The molecule has 0 N–H and O–H groups in total. The van der Waals surface area contributed by atoms with Gasteiger partial charge in [-0.2, -0.15) is 0 Å². The van der Waals surface area contributed by atoms with Crippen molar-refractivity contribution in [3.8, 4) is 0 Å². The van der Waals surface area contributed by atoms with Crippen LogP contribution in [0.4, 0.5) is 0 Å². The smallest absolute Gasteiger partial charge is 0.313 e. The van der Waals surface area contributed by atoms with Gasteiger partial charge in [0.05, 0.1) is 7.11 Å². The second kappa shape index (κ2) is 5.07. The lowest BCUT2D eigenvalue weighted by atomic mass is 10.1. The fourth-order valence-corrected chi connectivity index (χ4v) is 1.62. The monoisotopic (exact) mass is 270 g/mol. The predicted octanol–water partition coefficient (Wildman–Crippen LogP) is 2.50. The van der Waals surface area contributed by atoms with Crippen molar-refractivity contribution in [1.82, 2.24) is 0 Å². The number of methoxy groups -OCH3 is 1. The molecule has 0 radical (unpaired) electrons. The van der Waals surface area contributed by atoms with Gasteiger partial charge in [-0.3, -0.25) is 9.59 Å². The summed E-state index contributed by atoms with van der Waals surface area (Å²) in [6.07, 6.45) is -0.224. The van der Waals surface area contributed by atoms with Crippen molar-refractivity contribution in [1.29, 1.82) is 0 Å². The summed E-state index contributed by atoms with van der Waals surface area (Å²) in [4.78, 5) is 22.6. The lowest BCUT2D eigenvalue weighted by molar-refractivity contribution is -0.139. The van der Waals surface area contributed by atoms with Crippen molar-refractivity contribution in [2.75, 3.05) is 7.11 Å². The minimum absolute atomic E-state index is 0.224. The molecule has 0 heterocycles. The van der Waals surface area contributed by atoms with Crippen molar-refractivity contribution >= 4 is 27.7 Å². The summed E-state index contributed by atoms with van der Waals surface area (Å²) < 4.78 is 5.13. The molecular weight excluding hydrogens is 260 g/mol. The van der Waals surface area contributed by atoms with Crippen molar-refractivity contribution in [2.24, 2.45) is 0 Å². The second-order valence-corrected chi connectivity index (χ2v) is 4.01. The molecule has 0 saturated carbocycles. The van der Waals surface area contributed by atoms with Crippen LogP contribution < -0.4 is 0 Å². The molecule has 0 spiro atoms. The van der Waals surface area contributed by atoms with Gasteiger partial charge in [-0.15, -0.1) is 0 Å². The summed E-state index contributed by atoms with van der Waals surface area (Å²) in [5, 5.41) is 0. The molecule has 80 valence electrons. The number of hydrogen-bond acceptors (Lipinski definition) is 3. The Balaban J connectivity index is 2.91. The summed E-state index contributed by atoms with van der Waals surface area (Å²) in [5.74, 6) is -0.758. The van der Waals surface area contributed by atoms with E-state index >= 15 is 0 Å². The van der Waals surface area contributed by atoms with Crippen LogP contribution in [0, 0.1) is 6.92 Å². The Morgan fingerprint density at radius 2 is 2.07 bits per heavy atom. The zero-order valence-electron chi connectivity index (χ0n) is 8.54. The van der Waals surface area contributed by atoms with Crippen LogP contribution in [0.3, 0.4) is 0 Å². The second-order valence-electron chi connectivity index (χ2n) is 3.16. The first-order valence-electron chi connectivity index (χ1n) is 4.40. The molecule has 0 saturated heterocycles. The first-order chi connectivity index (χ1) is 7.04. The van der Waals surface area contributed by atoms with E-state index in [-0.39, 0.29) is 12.2 Å². The summed E-state index contributed by atoms with van der Waals surface area (Å²) >= 11 is 3.27. The van der Waals surface area contributed by atoms with Crippen molar-refractivity contribution in [3.05, 3.63) is 33.8 Å². The Bertz CT molecular complexity index is 399. The summed E-state index contributed by atoms with van der Waals surface area (Å²) in [7, 11) is 1.26. The van der Waals surface area contributed by atoms with E-state index in [0.29, 0.717) is 10.0 Å². The van der Waals surface area contributed by atoms with Gasteiger partial charge in [0, 0.05) is 10.0 Å². The summed E-state index contributed by atoms with van der Waals surface area (Å²) in [6.45, 7) is 1.89. The molecule has 0 amide bonds. The van der Waals surface area contributed by atoms with Crippen LogP contribution >= 0.6 is 15.9 Å². The van der Waals surface area contributed by atoms with Crippen LogP contribution in [0.1, 0.15) is 22.3 Å². The molecule has 4 heteroatoms. The average molecular weight is 271 g/mol. The van der Waals surface area contributed by atoms with Crippen molar-refractivity contribution < 1.29 is 14.3 Å². The fourth-order valence-electron chi connectivity index (χ4n) is 1.15. The molecular formula is C11H11BrO3. The van der Waals surface area contributed by atoms with Gasteiger partial charge < -0.3 is 4.74 Å². The Morgan fingerprint density at radius 1 is 1.40 bits per heavy atom. The maximum atomic E-state index is 11.7. The van der Waals surface area contributed by atoms with E-state index in [1.807, 2.05) is 13.0 Å². The number of rotatable bonds is 3. The van der Waals surface area contributed by atoms with Crippen LogP contribution in [0.15, 0.2) is 22.7 Å². The van der Waals surface area contributed by atoms with Gasteiger partial charge in [0.25, 0.3) is 0 Å². The Morgan fingerprint density at radius 3 is 2.67 bits per heavy atom. The minimum Gasteiger partial charge on any atom is -0.469 e. The lowest BCUT2D eigenvalue weighted by Gasteiger charge is -2.04. The van der Waals surface area contributed by atoms with E-state index in [1.54, 1.807) is 12.1 Å². The SMILES string of the molecule is COC(=O)CC(=O)c1cc(C)ccc1Br. The molecule has 0 fully saturated rings. The van der Waals surface area contributed by atoms with E-state index in [1.165, 1.54) is 7.11 Å².